The Kier molecular flexibility index (Phi) is 5.53. The first-order valence-electron chi connectivity index (χ1n) is 10.8. The Hall–Kier alpha value is -1.95. The minimum absolute atomic E-state index is 0.194. The highest BCUT2D eigenvalue weighted by molar-refractivity contribution is 9.10. The van der Waals surface area contributed by atoms with E-state index in [9.17, 15) is 0 Å². The van der Waals surface area contributed by atoms with Crippen LogP contribution < -0.4 is 5.32 Å². The lowest BCUT2D eigenvalue weighted by molar-refractivity contribution is 0.261. The second-order valence-electron chi connectivity index (χ2n) is 8.78. The number of fused-ring (bicyclic) bond motifs is 2. The largest absolute Gasteiger partial charge is 0.331 e. The van der Waals surface area contributed by atoms with Crippen LogP contribution in [0.3, 0.4) is 0 Å². The molecule has 1 unspecified atom stereocenters. The number of rotatable bonds is 3. The summed E-state index contributed by atoms with van der Waals surface area (Å²) in [5, 5.41) is 4.29. The van der Waals surface area contributed by atoms with E-state index in [-0.39, 0.29) is 5.41 Å². The molecule has 0 bridgehead atoms. The normalized spacial score (nSPS) is 21.2. The smallest absolute Gasteiger partial charge is 0.105 e. The fourth-order valence-electron chi connectivity index (χ4n) is 5.31. The van der Waals surface area contributed by atoms with Crippen molar-refractivity contribution in [3.05, 3.63) is 80.6 Å². The number of aryl methyl sites for hydroxylation is 1. The van der Waals surface area contributed by atoms with E-state index in [2.05, 4.69) is 62.0 Å². The third-order valence-electron chi connectivity index (χ3n) is 7.02. The zero-order valence-electron chi connectivity index (χ0n) is 17.8. The highest BCUT2D eigenvalue weighted by Crippen LogP contribution is 2.49. The molecule has 0 saturated carbocycles. The first-order chi connectivity index (χ1) is 15.0. The molecule has 1 N–H and O–H groups in total. The molecule has 2 aromatic heterocycles. The van der Waals surface area contributed by atoms with Crippen LogP contribution in [-0.4, -0.2) is 27.6 Å². The van der Waals surface area contributed by atoms with E-state index in [1.165, 1.54) is 22.3 Å². The van der Waals surface area contributed by atoms with Gasteiger partial charge in [0.1, 0.15) is 5.82 Å². The summed E-state index contributed by atoms with van der Waals surface area (Å²) in [6.45, 7) is 7.26. The summed E-state index contributed by atoms with van der Waals surface area (Å²) >= 11 is 10.2. The molecule has 1 fully saturated rings. The summed E-state index contributed by atoms with van der Waals surface area (Å²) in [5.74, 6) is 1.51. The summed E-state index contributed by atoms with van der Waals surface area (Å²) in [4.78, 5) is 9.49. The minimum atomic E-state index is -0.194. The zero-order valence-corrected chi connectivity index (χ0v) is 20.2. The second kappa shape index (κ2) is 8.19. The van der Waals surface area contributed by atoms with Crippen molar-refractivity contribution in [1.29, 1.82) is 0 Å². The molecular weight excluding hydrogens is 472 g/mol. The number of piperidine rings is 1. The first kappa shape index (κ1) is 20.9. The Morgan fingerprint density at radius 3 is 2.77 bits per heavy atom. The van der Waals surface area contributed by atoms with Gasteiger partial charge in [0.15, 0.2) is 0 Å². The summed E-state index contributed by atoms with van der Waals surface area (Å²) < 4.78 is 3.18. The molecule has 1 aliphatic heterocycles. The fourth-order valence-corrected chi connectivity index (χ4v) is 5.83. The lowest BCUT2D eigenvalue weighted by Crippen LogP contribution is -2.42. The van der Waals surface area contributed by atoms with Crippen molar-refractivity contribution in [3.8, 4) is 0 Å². The van der Waals surface area contributed by atoms with Gasteiger partial charge in [0.25, 0.3) is 0 Å². The Balaban J connectivity index is 1.77. The van der Waals surface area contributed by atoms with Crippen LogP contribution in [0.4, 0.5) is 0 Å². The van der Waals surface area contributed by atoms with Crippen LogP contribution in [0.15, 0.2) is 47.3 Å². The molecule has 1 saturated heterocycles. The van der Waals surface area contributed by atoms with Crippen molar-refractivity contribution in [2.45, 2.75) is 38.6 Å². The lowest BCUT2D eigenvalue weighted by atomic mass is 9.64. The second-order valence-corrected chi connectivity index (χ2v) is 10.1. The van der Waals surface area contributed by atoms with E-state index in [1.54, 1.807) is 0 Å². The summed E-state index contributed by atoms with van der Waals surface area (Å²) in [6.07, 6.45) is 10.4. The molecule has 4 nitrogen and oxygen atoms in total. The van der Waals surface area contributed by atoms with Gasteiger partial charge in [-0.05, 0) is 103 Å². The Morgan fingerprint density at radius 2 is 2.03 bits per heavy atom. The first-order valence-corrected chi connectivity index (χ1v) is 12.0. The molecule has 0 spiro atoms. The minimum Gasteiger partial charge on any atom is -0.331 e. The maximum Gasteiger partial charge on any atom is 0.105 e. The van der Waals surface area contributed by atoms with E-state index in [0.717, 1.165) is 53.5 Å². The van der Waals surface area contributed by atoms with Gasteiger partial charge < -0.3 is 9.88 Å². The van der Waals surface area contributed by atoms with Crippen LogP contribution in [0.2, 0.25) is 5.02 Å². The number of aromatic nitrogens is 3. The molecule has 0 radical (unpaired) electrons. The molecule has 1 aromatic carbocycles. The van der Waals surface area contributed by atoms with Crippen molar-refractivity contribution >= 4 is 39.2 Å². The number of halogens is 2. The van der Waals surface area contributed by atoms with Gasteiger partial charge in [-0.25, -0.2) is 4.98 Å². The average Bonchev–Trinajstić information content (AvgIpc) is 3.13. The van der Waals surface area contributed by atoms with Crippen LogP contribution in [-0.2, 0) is 12.0 Å². The molecule has 2 aliphatic rings. The van der Waals surface area contributed by atoms with Crippen LogP contribution in [0.5, 0.6) is 0 Å². The third-order valence-corrected chi connectivity index (χ3v) is 7.68. The molecule has 5 rings (SSSR count). The van der Waals surface area contributed by atoms with E-state index in [0.29, 0.717) is 5.92 Å². The lowest BCUT2D eigenvalue weighted by Gasteiger charge is -2.41. The molecule has 3 aromatic rings. The number of nitrogens with one attached hydrogen (secondary N) is 1. The summed E-state index contributed by atoms with van der Waals surface area (Å²) in [5.41, 5.74) is 5.91. The zero-order chi connectivity index (χ0) is 21.6. The third kappa shape index (κ3) is 3.67. The van der Waals surface area contributed by atoms with E-state index < -0.39 is 0 Å². The number of hydrogen-bond acceptors (Lipinski definition) is 3. The maximum atomic E-state index is 6.48. The number of imidazole rings is 1. The molecular formula is C25H26BrClN4. The van der Waals surface area contributed by atoms with Crippen molar-refractivity contribution in [2.24, 2.45) is 5.92 Å². The quantitative estimate of drug-likeness (QED) is 0.493. The molecule has 160 valence electrons. The van der Waals surface area contributed by atoms with Gasteiger partial charge in [-0.15, -0.1) is 0 Å². The predicted molar refractivity (Wildman–Crippen MR) is 130 cm³/mol. The van der Waals surface area contributed by atoms with E-state index in [4.69, 9.17) is 16.6 Å². The van der Waals surface area contributed by atoms with Gasteiger partial charge in [0, 0.05) is 45.6 Å². The maximum absolute atomic E-state index is 6.48. The molecule has 1 aliphatic carbocycles. The fraction of sp³-hybridized carbons (Fsp3) is 0.360. The molecule has 6 heteroatoms. The van der Waals surface area contributed by atoms with Gasteiger partial charge in [-0.2, -0.15) is 0 Å². The monoisotopic (exact) mass is 496 g/mol. The molecule has 1 atom stereocenters. The van der Waals surface area contributed by atoms with Crippen LogP contribution in [0.1, 0.15) is 48.0 Å². The summed E-state index contributed by atoms with van der Waals surface area (Å²) in [6, 6.07) is 8.58. The van der Waals surface area contributed by atoms with Gasteiger partial charge in [0.2, 0.25) is 0 Å². The topological polar surface area (TPSA) is 42.7 Å². The van der Waals surface area contributed by atoms with Crippen molar-refractivity contribution in [1.82, 2.24) is 19.9 Å². The predicted octanol–water partition coefficient (Wildman–Crippen LogP) is 5.86. The highest BCUT2D eigenvalue weighted by atomic mass is 79.9. The van der Waals surface area contributed by atoms with Crippen LogP contribution in [0.25, 0.3) is 11.6 Å². The summed E-state index contributed by atoms with van der Waals surface area (Å²) in [7, 11) is 0. The van der Waals surface area contributed by atoms with Gasteiger partial charge in [-0.1, -0.05) is 17.7 Å². The average molecular weight is 498 g/mol. The standard InChI is InChI=1S/C25H26BrClN4/c1-16-29-9-10-31(16)15-18-11-17-12-21(27)3-4-23(17)25(2,19-5-7-28-8-6-19)24-22(18)13-20(26)14-30-24/h3-4,9-14,19,28H,5-8,15H2,1-2H3. The van der Waals surface area contributed by atoms with Crippen molar-refractivity contribution < 1.29 is 0 Å². The number of hydrogen-bond donors (Lipinski definition) is 1. The van der Waals surface area contributed by atoms with Crippen molar-refractivity contribution in [2.75, 3.05) is 13.1 Å². The Morgan fingerprint density at radius 1 is 1.23 bits per heavy atom. The van der Waals surface area contributed by atoms with Crippen LogP contribution in [0, 0.1) is 12.8 Å². The van der Waals surface area contributed by atoms with E-state index in [1.807, 2.05) is 31.6 Å². The van der Waals surface area contributed by atoms with Crippen molar-refractivity contribution in [3.63, 3.8) is 0 Å². The van der Waals surface area contributed by atoms with Crippen LogP contribution >= 0.6 is 27.5 Å². The molecule has 31 heavy (non-hydrogen) atoms. The highest BCUT2D eigenvalue weighted by Gasteiger charge is 2.43. The Bertz CT molecular complexity index is 1160. The number of nitrogens with zero attached hydrogens (tertiary/aromatic N) is 3. The number of pyridine rings is 1. The van der Waals surface area contributed by atoms with Gasteiger partial charge >= 0.3 is 0 Å². The number of allylic oxidation sites excluding steroid dienone is 1. The molecule has 3 heterocycles. The number of benzene rings is 1. The SMILES string of the molecule is Cc1nccn1CC1=Cc2cc(Cl)ccc2C(C)(C2CCNCC2)c2ncc(Br)cc21. The van der Waals surface area contributed by atoms with E-state index >= 15 is 0 Å². The van der Waals surface area contributed by atoms with Gasteiger partial charge in [-0.3, -0.25) is 4.98 Å². The van der Waals surface area contributed by atoms with Gasteiger partial charge in [0.05, 0.1) is 5.69 Å². The molecule has 0 amide bonds. The Labute approximate surface area is 196 Å².